The van der Waals surface area contributed by atoms with Crippen LogP contribution in [0.15, 0.2) is 71.6 Å². The zero-order chi connectivity index (χ0) is 22.6. The summed E-state index contributed by atoms with van der Waals surface area (Å²) in [6, 6.07) is 18.5. The van der Waals surface area contributed by atoms with Gasteiger partial charge in [0.15, 0.2) is 0 Å². The van der Waals surface area contributed by atoms with E-state index in [1.54, 1.807) is 42.5 Å². The van der Waals surface area contributed by atoms with Crippen LogP contribution < -0.4 is 5.32 Å². The van der Waals surface area contributed by atoms with Crippen LogP contribution in [0.1, 0.15) is 16.7 Å². The van der Waals surface area contributed by atoms with Crippen LogP contribution in [0.25, 0.3) is 0 Å². The number of aryl methyl sites for hydroxylation is 2. The quantitative estimate of drug-likeness (QED) is 0.493. The first-order valence-corrected chi connectivity index (χ1v) is 11.7. The van der Waals surface area contributed by atoms with Crippen LogP contribution in [0.4, 0.5) is 5.69 Å². The van der Waals surface area contributed by atoms with Gasteiger partial charge >= 0.3 is 0 Å². The van der Waals surface area contributed by atoms with Crippen LogP contribution in [0.2, 0.25) is 10.0 Å². The number of anilines is 1. The first kappa shape index (κ1) is 23.3. The van der Waals surface area contributed by atoms with Crippen LogP contribution in [0.5, 0.6) is 0 Å². The number of rotatable bonds is 7. The molecule has 0 saturated carbocycles. The molecule has 1 amide bonds. The number of nitrogens with zero attached hydrogens (tertiary/aromatic N) is 1. The van der Waals surface area contributed by atoms with Gasteiger partial charge in [-0.25, -0.2) is 8.42 Å². The molecule has 0 heterocycles. The highest BCUT2D eigenvalue weighted by Gasteiger charge is 2.27. The molecule has 0 bridgehead atoms. The van der Waals surface area contributed by atoms with Gasteiger partial charge in [-0.2, -0.15) is 4.31 Å². The molecule has 0 saturated heterocycles. The highest BCUT2D eigenvalue weighted by atomic mass is 35.5. The van der Waals surface area contributed by atoms with Crippen molar-refractivity contribution in [2.75, 3.05) is 11.9 Å². The van der Waals surface area contributed by atoms with Crippen molar-refractivity contribution < 1.29 is 13.2 Å². The van der Waals surface area contributed by atoms with Gasteiger partial charge in [-0.1, -0.05) is 65.2 Å². The average molecular weight is 477 g/mol. The predicted octanol–water partition coefficient (Wildman–Crippen LogP) is 5.44. The number of halogens is 2. The smallest absolute Gasteiger partial charge is 0.243 e. The molecule has 0 aliphatic heterocycles. The molecule has 31 heavy (non-hydrogen) atoms. The fourth-order valence-electron chi connectivity index (χ4n) is 3.11. The van der Waals surface area contributed by atoms with Gasteiger partial charge in [0.05, 0.1) is 21.5 Å². The summed E-state index contributed by atoms with van der Waals surface area (Å²) < 4.78 is 27.7. The van der Waals surface area contributed by atoms with Crippen molar-refractivity contribution in [3.05, 3.63) is 93.5 Å². The van der Waals surface area contributed by atoms with E-state index in [-0.39, 0.29) is 18.0 Å². The lowest BCUT2D eigenvalue weighted by Crippen LogP contribution is -2.37. The van der Waals surface area contributed by atoms with Gasteiger partial charge in [-0.3, -0.25) is 4.79 Å². The molecule has 0 radical (unpaired) electrons. The number of carbonyl (C=O) groups excluding carboxylic acids is 1. The molecule has 0 unspecified atom stereocenters. The lowest BCUT2D eigenvalue weighted by atomic mass is 10.1. The fourth-order valence-corrected chi connectivity index (χ4v) is 4.84. The Morgan fingerprint density at radius 3 is 2.29 bits per heavy atom. The lowest BCUT2D eigenvalue weighted by Gasteiger charge is -2.22. The van der Waals surface area contributed by atoms with Crippen molar-refractivity contribution in [3.63, 3.8) is 0 Å². The Kier molecular flexibility index (Phi) is 7.38. The molecule has 0 aromatic heterocycles. The highest BCUT2D eigenvalue weighted by molar-refractivity contribution is 7.89. The number of nitrogens with one attached hydrogen (secondary N) is 1. The summed E-state index contributed by atoms with van der Waals surface area (Å²) in [6.07, 6.45) is 0. The van der Waals surface area contributed by atoms with Crippen molar-refractivity contribution in [1.82, 2.24) is 4.31 Å². The molecule has 5 nitrogen and oxygen atoms in total. The minimum Gasteiger partial charge on any atom is -0.325 e. The Bertz CT molecular complexity index is 1200. The van der Waals surface area contributed by atoms with Crippen molar-refractivity contribution in [1.29, 1.82) is 0 Å². The van der Waals surface area contributed by atoms with Gasteiger partial charge in [0.2, 0.25) is 15.9 Å². The van der Waals surface area contributed by atoms with E-state index in [0.717, 1.165) is 15.4 Å². The number of sulfonamides is 1. The van der Waals surface area contributed by atoms with Gasteiger partial charge in [-0.05, 0) is 55.3 Å². The van der Waals surface area contributed by atoms with E-state index in [9.17, 15) is 13.2 Å². The molecule has 0 atom stereocenters. The molecule has 0 spiro atoms. The summed E-state index contributed by atoms with van der Waals surface area (Å²) in [5, 5.41) is 3.49. The van der Waals surface area contributed by atoms with Crippen LogP contribution in [-0.4, -0.2) is 25.2 Å². The average Bonchev–Trinajstić information content (AvgIpc) is 2.73. The van der Waals surface area contributed by atoms with E-state index in [2.05, 4.69) is 5.32 Å². The SMILES string of the molecule is Cc1ccc(NC(=O)CN(Cc2ccc(Cl)c(Cl)c2)S(=O)(=O)c2ccccc2)c(C)c1. The maximum atomic E-state index is 13.3. The number of benzene rings is 3. The summed E-state index contributed by atoms with van der Waals surface area (Å²) >= 11 is 12.1. The van der Waals surface area contributed by atoms with E-state index in [0.29, 0.717) is 21.3 Å². The summed E-state index contributed by atoms with van der Waals surface area (Å²) in [7, 11) is -3.93. The summed E-state index contributed by atoms with van der Waals surface area (Å²) in [5.74, 6) is -0.438. The van der Waals surface area contributed by atoms with Crippen LogP contribution in [-0.2, 0) is 21.4 Å². The summed E-state index contributed by atoms with van der Waals surface area (Å²) in [4.78, 5) is 12.9. The van der Waals surface area contributed by atoms with E-state index >= 15 is 0 Å². The zero-order valence-electron chi connectivity index (χ0n) is 17.1. The normalized spacial score (nSPS) is 11.5. The molecule has 1 N–H and O–H groups in total. The van der Waals surface area contributed by atoms with Gasteiger partial charge in [0, 0.05) is 12.2 Å². The van der Waals surface area contributed by atoms with E-state index < -0.39 is 15.9 Å². The Labute approximate surface area is 192 Å². The second kappa shape index (κ2) is 9.83. The highest BCUT2D eigenvalue weighted by Crippen LogP contribution is 2.25. The molecule has 0 aliphatic carbocycles. The third-order valence-corrected chi connectivity index (χ3v) is 7.24. The molecule has 8 heteroatoms. The minimum absolute atomic E-state index is 0.0333. The Morgan fingerprint density at radius 1 is 0.935 bits per heavy atom. The van der Waals surface area contributed by atoms with Gasteiger partial charge in [-0.15, -0.1) is 0 Å². The Balaban J connectivity index is 1.89. The first-order chi connectivity index (χ1) is 14.7. The molecular weight excluding hydrogens is 455 g/mol. The largest absolute Gasteiger partial charge is 0.325 e. The second-order valence-corrected chi connectivity index (χ2v) is 9.95. The topological polar surface area (TPSA) is 66.5 Å². The lowest BCUT2D eigenvalue weighted by molar-refractivity contribution is -0.116. The molecule has 0 fully saturated rings. The molecule has 0 aliphatic rings. The molecule has 3 aromatic carbocycles. The summed E-state index contributed by atoms with van der Waals surface area (Å²) in [5.41, 5.74) is 3.23. The molecule has 3 aromatic rings. The third-order valence-electron chi connectivity index (χ3n) is 4.70. The van der Waals surface area contributed by atoms with E-state index in [1.807, 2.05) is 26.0 Å². The second-order valence-electron chi connectivity index (χ2n) is 7.20. The maximum Gasteiger partial charge on any atom is 0.243 e. The minimum atomic E-state index is -3.93. The number of amides is 1. The predicted molar refractivity (Wildman–Crippen MR) is 125 cm³/mol. The third kappa shape index (κ3) is 5.86. The first-order valence-electron chi connectivity index (χ1n) is 9.53. The van der Waals surface area contributed by atoms with Crippen LogP contribution in [0.3, 0.4) is 0 Å². The van der Waals surface area contributed by atoms with Crippen LogP contribution >= 0.6 is 23.2 Å². The number of hydrogen-bond donors (Lipinski definition) is 1. The molecular formula is C23H22Cl2N2O3S. The molecule has 162 valence electrons. The monoisotopic (exact) mass is 476 g/mol. The number of hydrogen-bond acceptors (Lipinski definition) is 3. The van der Waals surface area contributed by atoms with Crippen LogP contribution in [0, 0.1) is 13.8 Å². The molecule has 3 rings (SSSR count). The van der Waals surface area contributed by atoms with Gasteiger partial charge in [0.1, 0.15) is 0 Å². The van der Waals surface area contributed by atoms with Gasteiger partial charge < -0.3 is 5.32 Å². The van der Waals surface area contributed by atoms with Gasteiger partial charge in [0.25, 0.3) is 0 Å². The zero-order valence-corrected chi connectivity index (χ0v) is 19.4. The van der Waals surface area contributed by atoms with E-state index in [4.69, 9.17) is 23.2 Å². The van der Waals surface area contributed by atoms with E-state index in [1.165, 1.54) is 12.1 Å². The Morgan fingerprint density at radius 2 is 1.65 bits per heavy atom. The number of carbonyl (C=O) groups is 1. The summed E-state index contributed by atoms with van der Waals surface area (Å²) in [6.45, 7) is 3.46. The van der Waals surface area contributed by atoms with Crippen molar-refractivity contribution in [2.24, 2.45) is 0 Å². The van der Waals surface area contributed by atoms with Crippen molar-refractivity contribution in [2.45, 2.75) is 25.3 Å². The fraction of sp³-hybridized carbons (Fsp3) is 0.174. The maximum absolute atomic E-state index is 13.3. The van der Waals surface area contributed by atoms with Crippen molar-refractivity contribution in [3.8, 4) is 0 Å². The Hall–Kier alpha value is -2.38. The standard InChI is InChI=1S/C23H22Cl2N2O3S/c1-16-8-11-22(17(2)12-16)26-23(28)15-27(14-18-9-10-20(24)21(25)13-18)31(29,30)19-6-4-3-5-7-19/h3-13H,14-15H2,1-2H3,(H,26,28). The van der Waals surface area contributed by atoms with Crippen molar-refractivity contribution >= 4 is 44.8 Å².